The highest BCUT2D eigenvalue weighted by molar-refractivity contribution is 5.74. The molecule has 2 aliphatic heterocycles. The van der Waals surface area contributed by atoms with Gasteiger partial charge in [-0.25, -0.2) is 4.79 Å². The van der Waals surface area contributed by atoms with Crippen LogP contribution < -0.4 is 5.32 Å². The van der Waals surface area contributed by atoms with Crippen molar-refractivity contribution in [2.75, 3.05) is 20.1 Å². The third-order valence-corrected chi connectivity index (χ3v) is 5.57. The zero-order valence-electron chi connectivity index (χ0n) is 13.0. The lowest BCUT2D eigenvalue weighted by molar-refractivity contribution is 0.183. The maximum atomic E-state index is 12.5. The van der Waals surface area contributed by atoms with Crippen LogP contribution in [0.3, 0.4) is 0 Å². The highest BCUT2D eigenvalue weighted by Gasteiger charge is 2.36. The number of carbonyl (C=O) groups excluding carboxylic acids is 1. The number of likely N-dealkylation sites (N-methyl/N-ethyl adjacent to an activating group) is 1. The molecule has 4 heteroatoms. The first-order chi connectivity index (χ1) is 9.67. The third kappa shape index (κ3) is 3.11. The molecule has 0 aromatic rings. The minimum absolute atomic E-state index is 0.179. The molecule has 20 heavy (non-hydrogen) atoms. The van der Waals surface area contributed by atoms with Gasteiger partial charge >= 0.3 is 6.03 Å². The van der Waals surface area contributed by atoms with E-state index in [1.54, 1.807) is 0 Å². The van der Waals surface area contributed by atoms with E-state index < -0.39 is 0 Å². The Kier molecular flexibility index (Phi) is 4.20. The summed E-state index contributed by atoms with van der Waals surface area (Å²) in [5, 5.41) is 3.28. The van der Waals surface area contributed by atoms with E-state index in [-0.39, 0.29) is 6.03 Å². The molecule has 2 bridgehead atoms. The van der Waals surface area contributed by atoms with Crippen molar-refractivity contribution in [3.63, 3.8) is 0 Å². The fourth-order valence-corrected chi connectivity index (χ4v) is 3.84. The van der Waals surface area contributed by atoms with Crippen LogP contribution in [0.4, 0.5) is 4.79 Å². The fourth-order valence-electron chi connectivity index (χ4n) is 3.84. The number of hydrogen-bond donors (Lipinski definition) is 1. The van der Waals surface area contributed by atoms with Gasteiger partial charge in [0.15, 0.2) is 0 Å². The van der Waals surface area contributed by atoms with Crippen molar-refractivity contribution in [1.29, 1.82) is 0 Å². The van der Waals surface area contributed by atoms with Gasteiger partial charge in [0.1, 0.15) is 0 Å². The van der Waals surface area contributed by atoms with Crippen LogP contribution in [0.1, 0.15) is 51.9 Å². The predicted molar refractivity (Wildman–Crippen MR) is 80.7 cm³/mol. The van der Waals surface area contributed by atoms with Crippen LogP contribution in [0.5, 0.6) is 0 Å². The summed E-state index contributed by atoms with van der Waals surface area (Å²) in [6.07, 6.45) is 8.68. The average molecular weight is 279 g/mol. The lowest BCUT2D eigenvalue weighted by atomic mass is 10.1. The number of carbonyl (C=O) groups is 1. The zero-order chi connectivity index (χ0) is 14.1. The molecule has 0 radical (unpaired) electrons. The topological polar surface area (TPSA) is 35.6 Å². The molecule has 3 rings (SSSR count). The molecule has 4 nitrogen and oxygen atoms in total. The Morgan fingerprint density at radius 1 is 1.20 bits per heavy atom. The van der Waals surface area contributed by atoms with E-state index in [0.29, 0.717) is 18.1 Å². The van der Waals surface area contributed by atoms with E-state index in [9.17, 15) is 4.79 Å². The second-order valence-corrected chi connectivity index (χ2v) is 7.02. The minimum atomic E-state index is 0.179. The smallest absolute Gasteiger partial charge is 0.317 e. The van der Waals surface area contributed by atoms with Crippen LogP contribution >= 0.6 is 0 Å². The van der Waals surface area contributed by atoms with E-state index in [1.807, 2.05) is 0 Å². The Balaban J connectivity index is 1.53. The maximum absolute atomic E-state index is 12.5. The normalized spacial score (nSPS) is 32.0. The van der Waals surface area contributed by atoms with E-state index >= 15 is 0 Å². The van der Waals surface area contributed by atoms with E-state index in [2.05, 4.69) is 29.1 Å². The quantitative estimate of drug-likeness (QED) is 0.858. The Morgan fingerprint density at radius 2 is 1.95 bits per heavy atom. The van der Waals surface area contributed by atoms with Gasteiger partial charge in [0, 0.05) is 31.2 Å². The van der Waals surface area contributed by atoms with Gasteiger partial charge in [-0.2, -0.15) is 0 Å². The molecule has 3 aliphatic rings. The summed E-state index contributed by atoms with van der Waals surface area (Å²) in [6, 6.07) is 1.84. The summed E-state index contributed by atoms with van der Waals surface area (Å²) < 4.78 is 0. The molecule has 2 amide bonds. The number of amides is 2. The van der Waals surface area contributed by atoms with Gasteiger partial charge in [0.25, 0.3) is 0 Å². The molecule has 0 aromatic carbocycles. The van der Waals surface area contributed by atoms with Crippen LogP contribution in [0, 0.1) is 5.92 Å². The molecule has 1 saturated carbocycles. The number of hydrogen-bond acceptors (Lipinski definition) is 2. The van der Waals surface area contributed by atoms with Crippen LogP contribution in [-0.2, 0) is 0 Å². The van der Waals surface area contributed by atoms with Gasteiger partial charge in [0.05, 0.1) is 0 Å². The number of urea groups is 1. The third-order valence-electron chi connectivity index (χ3n) is 5.57. The molecule has 0 unspecified atom stereocenters. The minimum Gasteiger partial charge on any atom is -0.335 e. The largest absolute Gasteiger partial charge is 0.335 e. The highest BCUT2D eigenvalue weighted by atomic mass is 16.2. The van der Waals surface area contributed by atoms with E-state index in [1.165, 1.54) is 32.1 Å². The monoisotopic (exact) mass is 279 g/mol. The van der Waals surface area contributed by atoms with E-state index in [4.69, 9.17) is 0 Å². The Bertz CT molecular complexity index is 356. The molecule has 3 atom stereocenters. The van der Waals surface area contributed by atoms with Crippen molar-refractivity contribution < 1.29 is 4.79 Å². The van der Waals surface area contributed by atoms with Crippen molar-refractivity contribution in [2.24, 2.45) is 5.92 Å². The summed E-state index contributed by atoms with van der Waals surface area (Å²) in [5.74, 6) is 0.881. The van der Waals surface area contributed by atoms with Gasteiger partial charge in [-0.05, 0) is 45.1 Å². The fraction of sp³-hybridized carbons (Fsp3) is 0.938. The lowest BCUT2D eigenvalue weighted by Crippen LogP contribution is -2.48. The van der Waals surface area contributed by atoms with Gasteiger partial charge < -0.3 is 10.2 Å². The second-order valence-electron chi connectivity index (χ2n) is 7.02. The van der Waals surface area contributed by atoms with Gasteiger partial charge in [-0.3, -0.25) is 4.90 Å². The summed E-state index contributed by atoms with van der Waals surface area (Å²) in [4.78, 5) is 17.1. The van der Waals surface area contributed by atoms with Gasteiger partial charge in [-0.15, -0.1) is 0 Å². The average Bonchev–Trinajstić information content (AvgIpc) is 3.17. The number of nitrogens with zero attached hydrogens (tertiary/aromatic N) is 2. The molecule has 0 aromatic heterocycles. The summed E-state index contributed by atoms with van der Waals surface area (Å²) in [5.41, 5.74) is 0. The molecule has 0 spiro atoms. The number of rotatable bonds is 4. The Labute approximate surface area is 122 Å². The highest BCUT2D eigenvalue weighted by Crippen LogP contribution is 2.34. The SMILES string of the molecule is CC[C@H](CC1CC1)NC(=O)N1CC[C@H]2CC[C@@H](C1)N2C. The van der Waals surface area contributed by atoms with Gasteiger partial charge in [0.2, 0.25) is 0 Å². The van der Waals surface area contributed by atoms with Crippen molar-refractivity contribution >= 4 is 6.03 Å². The molecule has 2 heterocycles. The predicted octanol–water partition coefficient (Wildman–Crippen LogP) is 2.44. The number of nitrogens with one attached hydrogen (secondary N) is 1. The van der Waals surface area contributed by atoms with Crippen molar-refractivity contribution in [1.82, 2.24) is 15.1 Å². The zero-order valence-corrected chi connectivity index (χ0v) is 13.0. The first kappa shape index (κ1) is 14.2. The first-order valence-corrected chi connectivity index (χ1v) is 8.44. The summed E-state index contributed by atoms with van der Waals surface area (Å²) in [6.45, 7) is 4.03. The summed E-state index contributed by atoms with van der Waals surface area (Å²) in [7, 11) is 2.23. The lowest BCUT2D eigenvalue weighted by Gasteiger charge is -2.28. The number of fused-ring (bicyclic) bond motifs is 2. The number of likely N-dealkylation sites (tertiary alicyclic amines) is 1. The van der Waals surface area contributed by atoms with Crippen molar-refractivity contribution in [3.05, 3.63) is 0 Å². The molecular weight excluding hydrogens is 250 g/mol. The molecule has 114 valence electrons. The van der Waals surface area contributed by atoms with E-state index in [0.717, 1.165) is 31.8 Å². The van der Waals surface area contributed by atoms with Crippen molar-refractivity contribution in [3.8, 4) is 0 Å². The molecule has 2 saturated heterocycles. The van der Waals surface area contributed by atoms with Crippen molar-refractivity contribution in [2.45, 2.75) is 70.0 Å². The molecule has 3 fully saturated rings. The van der Waals surface area contributed by atoms with Crippen LogP contribution in [-0.4, -0.2) is 54.1 Å². The van der Waals surface area contributed by atoms with Gasteiger partial charge in [-0.1, -0.05) is 19.8 Å². The molecule has 1 N–H and O–H groups in total. The Hall–Kier alpha value is -0.770. The molecule has 1 aliphatic carbocycles. The first-order valence-electron chi connectivity index (χ1n) is 8.44. The second kappa shape index (κ2) is 5.92. The van der Waals surface area contributed by atoms with Crippen LogP contribution in [0.25, 0.3) is 0 Å². The standard InChI is InChI=1S/C16H29N3O/c1-3-13(10-12-4-5-12)17-16(20)19-9-8-14-6-7-15(11-19)18(14)2/h12-15H,3-11H2,1-2H3,(H,17,20)/t13-,14-,15+/m1/s1. The van der Waals surface area contributed by atoms with Crippen LogP contribution in [0.2, 0.25) is 0 Å². The van der Waals surface area contributed by atoms with Crippen LogP contribution in [0.15, 0.2) is 0 Å². The maximum Gasteiger partial charge on any atom is 0.317 e. The summed E-state index contributed by atoms with van der Waals surface area (Å²) >= 11 is 0. The Morgan fingerprint density at radius 3 is 2.65 bits per heavy atom. The molecular formula is C16H29N3O.